The minimum atomic E-state index is 0.229. The smallest absolute Gasteiger partial charge is 0.220 e. The zero-order valence-corrected chi connectivity index (χ0v) is 26.0. The quantitative estimate of drug-likeness (QED) is 0.235. The summed E-state index contributed by atoms with van der Waals surface area (Å²) in [6.45, 7) is 14.1. The molecule has 4 saturated carbocycles. The molecule has 0 saturated heterocycles. The fraction of sp³-hybridized carbons (Fsp3) is 0.971. The van der Waals surface area contributed by atoms with Crippen LogP contribution in [0.15, 0.2) is 0 Å². The molecule has 4 aliphatic rings. The molecule has 0 aromatic heterocycles. The van der Waals surface area contributed by atoms with Crippen LogP contribution in [0.25, 0.3) is 0 Å². The molecule has 3 heteroatoms. The molecule has 0 aromatic carbocycles. The first-order valence-electron chi connectivity index (χ1n) is 17.2. The number of nitrogens with one attached hydrogen (secondary N) is 1. The van der Waals surface area contributed by atoms with Crippen molar-refractivity contribution in [2.24, 2.45) is 63.9 Å². The van der Waals surface area contributed by atoms with Gasteiger partial charge in [-0.05, 0) is 135 Å². The minimum Gasteiger partial charge on any atom is -0.356 e. The standard InChI is InChI=1S/C35H64N2O/c1-6-8-9-11-26(7-2)27-13-14-28-15-16-29-31-18-17-30(25(3)12-19-33(38)37-23-10-22-36)34(31,4)21-20-32(29)35(28,5)24-27/h25-32H,6-24,36H2,1-5H3,(H,37,38)/t25-,26?,27?,28?,29?,30?,31?,32?,34-,35+/m1/s1. The molecule has 0 heterocycles. The van der Waals surface area contributed by atoms with E-state index in [1.54, 1.807) is 0 Å². The van der Waals surface area contributed by atoms with Crippen molar-refractivity contribution in [3.63, 3.8) is 0 Å². The number of hydrogen-bond acceptors (Lipinski definition) is 2. The summed E-state index contributed by atoms with van der Waals surface area (Å²) in [7, 11) is 0. The lowest BCUT2D eigenvalue weighted by Crippen LogP contribution is -2.54. The Labute approximate surface area is 236 Å². The fourth-order valence-electron chi connectivity index (χ4n) is 11.2. The first-order chi connectivity index (χ1) is 18.3. The SMILES string of the molecule is CCCCCC(CC)C1CCC2CCC3C(CC[C@@]4(C)C3CCC4[C@H](C)CCC(=O)NCCCN)[C@@]2(C)C1. The highest BCUT2D eigenvalue weighted by Crippen LogP contribution is 2.69. The Kier molecular flexibility index (Phi) is 10.7. The molecule has 0 spiro atoms. The van der Waals surface area contributed by atoms with Crippen molar-refractivity contribution in [3.8, 4) is 0 Å². The summed E-state index contributed by atoms with van der Waals surface area (Å²) in [6.07, 6.45) is 23.1. The van der Waals surface area contributed by atoms with Crippen LogP contribution in [0.3, 0.4) is 0 Å². The van der Waals surface area contributed by atoms with E-state index in [4.69, 9.17) is 5.73 Å². The van der Waals surface area contributed by atoms with Gasteiger partial charge < -0.3 is 11.1 Å². The second-order valence-electron chi connectivity index (χ2n) is 15.1. The molecule has 0 aliphatic heterocycles. The van der Waals surface area contributed by atoms with Gasteiger partial charge in [-0.25, -0.2) is 0 Å². The van der Waals surface area contributed by atoms with Crippen molar-refractivity contribution in [1.82, 2.24) is 5.32 Å². The van der Waals surface area contributed by atoms with E-state index >= 15 is 0 Å². The van der Waals surface area contributed by atoms with E-state index in [0.717, 1.165) is 60.8 Å². The highest BCUT2D eigenvalue weighted by Gasteiger charge is 2.60. The predicted molar refractivity (Wildman–Crippen MR) is 162 cm³/mol. The second kappa shape index (κ2) is 13.4. The number of hydrogen-bond donors (Lipinski definition) is 2. The van der Waals surface area contributed by atoms with Gasteiger partial charge in [0.2, 0.25) is 5.91 Å². The van der Waals surface area contributed by atoms with Crippen LogP contribution in [-0.4, -0.2) is 19.0 Å². The van der Waals surface area contributed by atoms with Crippen molar-refractivity contribution < 1.29 is 4.79 Å². The van der Waals surface area contributed by atoms with Crippen molar-refractivity contribution in [1.29, 1.82) is 0 Å². The lowest BCUT2D eigenvalue weighted by atomic mass is 9.43. The van der Waals surface area contributed by atoms with Crippen molar-refractivity contribution in [2.75, 3.05) is 13.1 Å². The van der Waals surface area contributed by atoms with Gasteiger partial charge in [-0.1, -0.05) is 66.7 Å². The predicted octanol–water partition coefficient (Wildman–Crippen LogP) is 8.75. The second-order valence-corrected chi connectivity index (χ2v) is 15.1. The largest absolute Gasteiger partial charge is 0.356 e. The zero-order valence-electron chi connectivity index (χ0n) is 26.0. The average molecular weight is 529 g/mol. The lowest BCUT2D eigenvalue weighted by Gasteiger charge is -2.62. The molecule has 3 nitrogen and oxygen atoms in total. The van der Waals surface area contributed by atoms with Crippen LogP contribution in [0.1, 0.15) is 144 Å². The van der Waals surface area contributed by atoms with Crippen LogP contribution in [-0.2, 0) is 4.79 Å². The Balaban J connectivity index is 1.39. The number of fused-ring (bicyclic) bond motifs is 5. The molecule has 0 radical (unpaired) electrons. The topological polar surface area (TPSA) is 55.1 Å². The van der Waals surface area contributed by atoms with E-state index in [1.165, 1.54) is 89.9 Å². The summed E-state index contributed by atoms with van der Waals surface area (Å²) >= 11 is 0. The first kappa shape index (κ1) is 30.4. The van der Waals surface area contributed by atoms with E-state index in [9.17, 15) is 4.79 Å². The Bertz CT molecular complexity index is 752. The maximum absolute atomic E-state index is 12.4. The Hall–Kier alpha value is -0.570. The highest BCUT2D eigenvalue weighted by atomic mass is 16.1. The summed E-state index contributed by atoms with van der Waals surface area (Å²) < 4.78 is 0. The number of unbranched alkanes of at least 4 members (excludes halogenated alkanes) is 2. The first-order valence-corrected chi connectivity index (χ1v) is 17.2. The Morgan fingerprint density at radius 3 is 2.42 bits per heavy atom. The van der Waals surface area contributed by atoms with E-state index in [-0.39, 0.29) is 5.91 Å². The average Bonchev–Trinajstić information content (AvgIpc) is 3.26. The van der Waals surface area contributed by atoms with Crippen molar-refractivity contribution in [3.05, 3.63) is 0 Å². The van der Waals surface area contributed by atoms with Gasteiger partial charge >= 0.3 is 0 Å². The lowest BCUT2D eigenvalue weighted by molar-refractivity contribution is -0.128. The van der Waals surface area contributed by atoms with E-state index < -0.39 is 0 Å². The maximum Gasteiger partial charge on any atom is 0.220 e. The highest BCUT2D eigenvalue weighted by molar-refractivity contribution is 5.75. The van der Waals surface area contributed by atoms with Crippen LogP contribution >= 0.6 is 0 Å². The number of carbonyl (C=O) groups is 1. The Morgan fingerprint density at radius 2 is 1.68 bits per heavy atom. The van der Waals surface area contributed by atoms with E-state index in [1.807, 2.05) is 0 Å². The molecule has 0 aromatic rings. The molecule has 0 bridgehead atoms. The molecule has 4 rings (SSSR count). The molecular formula is C35H64N2O. The van der Waals surface area contributed by atoms with Gasteiger partial charge in [0.25, 0.3) is 0 Å². The normalized spacial score (nSPS) is 40.1. The van der Waals surface area contributed by atoms with E-state index in [0.29, 0.717) is 29.7 Å². The van der Waals surface area contributed by atoms with Crippen molar-refractivity contribution in [2.45, 2.75) is 144 Å². The number of amides is 1. The molecule has 220 valence electrons. The molecule has 4 fully saturated rings. The van der Waals surface area contributed by atoms with E-state index in [2.05, 4.69) is 39.9 Å². The molecule has 7 unspecified atom stereocenters. The molecule has 38 heavy (non-hydrogen) atoms. The molecule has 1 amide bonds. The van der Waals surface area contributed by atoms with Gasteiger partial charge in [0.1, 0.15) is 0 Å². The maximum atomic E-state index is 12.4. The van der Waals surface area contributed by atoms with Crippen LogP contribution in [0.4, 0.5) is 0 Å². The van der Waals surface area contributed by atoms with Gasteiger partial charge in [0.15, 0.2) is 0 Å². The molecular weight excluding hydrogens is 464 g/mol. The number of nitrogens with two attached hydrogens (primary N) is 1. The van der Waals surface area contributed by atoms with Gasteiger partial charge in [0, 0.05) is 13.0 Å². The van der Waals surface area contributed by atoms with Crippen LogP contribution in [0.5, 0.6) is 0 Å². The zero-order chi connectivity index (χ0) is 27.3. The number of rotatable bonds is 13. The van der Waals surface area contributed by atoms with Gasteiger partial charge in [-0.15, -0.1) is 0 Å². The summed E-state index contributed by atoms with van der Waals surface area (Å²) in [5, 5.41) is 3.07. The minimum absolute atomic E-state index is 0.229. The third-order valence-corrected chi connectivity index (χ3v) is 13.3. The summed E-state index contributed by atoms with van der Waals surface area (Å²) in [5.41, 5.74) is 6.68. The number of carbonyl (C=O) groups excluding carboxylic acids is 1. The fourth-order valence-corrected chi connectivity index (χ4v) is 11.2. The van der Waals surface area contributed by atoms with Crippen LogP contribution < -0.4 is 11.1 Å². The third kappa shape index (κ3) is 6.18. The molecule has 10 atom stereocenters. The monoisotopic (exact) mass is 529 g/mol. The summed E-state index contributed by atoms with van der Waals surface area (Å²) in [4.78, 5) is 12.4. The van der Waals surface area contributed by atoms with Crippen LogP contribution in [0.2, 0.25) is 0 Å². The van der Waals surface area contributed by atoms with Gasteiger partial charge in [-0.2, -0.15) is 0 Å². The molecule has 3 N–H and O–H groups in total. The summed E-state index contributed by atoms with van der Waals surface area (Å²) in [5.74, 6) is 7.49. The molecule has 4 aliphatic carbocycles. The van der Waals surface area contributed by atoms with Crippen molar-refractivity contribution >= 4 is 5.91 Å². The van der Waals surface area contributed by atoms with Gasteiger partial charge in [-0.3, -0.25) is 4.79 Å². The summed E-state index contributed by atoms with van der Waals surface area (Å²) in [6, 6.07) is 0. The van der Waals surface area contributed by atoms with Gasteiger partial charge in [0.05, 0.1) is 0 Å². The third-order valence-electron chi connectivity index (χ3n) is 13.3. The van der Waals surface area contributed by atoms with Crippen LogP contribution in [0, 0.1) is 58.2 Å². The Morgan fingerprint density at radius 1 is 0.921 bits per heavy atom.